The van der Waals surface area contributed by atoms with Gasteiger partial charge in [0.2, 0.25) is 0 Å². The van der Waals surface area contributed by atoms with Crippen molar-refractivity contribution in [2.24, 2.45) is 0 Å². The van der Waals surface area contributed by atoms with E-state index >= 15 is 0 Å². The van der Waals surface area contributed by atoms with Gasteiger partial charge in [-0.05, 0) is 24.3 Å². The summed E-state index contributed by atoms with van der Waals surface area (Å²) < 4.78 is 0. The van der Waals surface area contributed by atoms with Crippen LogP contribution in [0.15, 0.2) is 30.3 Å². The molecule has 0 unspecified atom stereocenters. The predicted octanol–water partition coefficient (Wildman–Crippen LogP) is 2.60. The van der Waals surface area contributed by atoms with Gasteiger partial charge >= 0.3 is 0 Å². The quantitative estimate of drug-likeness (QED) is 0.362. The summed E-state index contributed by atoms with van der Waals surface area (Å²) in [4.78, 5) is 8.48. The molecule has 84 valence electrons. The monoisotopic (exact) mass is 244 g/mol. The van der Waals surface area contributed by atoms with E-state index in [0.29, 0.717) is 22.2 Å². The lowest BCUT2D eigenvalue weighted by atomic mass is 10.1. The smallest absolute Gasteiger partial charge is 0.150 e. The van der Waals surface area contributed by atoms with Crippen molar-refractivity contribution in [2.75, 3.05) is 11.5 Å². The molecule has 0 aliphatic heterocycles. The van der Waals surface area contributed by atoms with Crippen LogP contribution < -0.4 is 11.5 Å². The average molecular weight is 245 g/mol. The van der Waals surface area contributed by atoms with Crippen molar-refractivity contribution in [3.63, 3.8) is 0 Å². The number of halogens is 1. The summed E-state index contributed by atoms with van der Waals surface area (Å²) in [6, 6.07) is 9.16. The van der Waals surface area contributed by atoms with Gasteiger partial charge < -0.3 is 11.5 Å². The normalized spacial score (nSPS) is 11.1. The van der Waals surface area contributed by atoms with Crippen molar-refractivity contribution in [3.8, 4) is 0 Å². The highest BCUT2D eigenvalue weighted by Gasteiger charge is 2.08. The summed E-state index contributed by atoms with van der Waals surface area (Å²) in [6.45, 7) is 0. The molecule has 3 rings (SSSR count). The first-order chi connectivity index (χ1) is 8.15. The van der Waals surface area contributed by atoms with Crippen LogP contribution in [-0.4, -0.2) is 9.97 Å². The molecule has 0 saturated carbocycles. The van der Waals surface area contributed by atoms with Gasteiger partial charge in [-0.1, -0.05) is 17.7 Å². The maximum absolute atomic E-state index is 5.87. The highest BCUT2D eigenvalue weighted by atomic mass is 35.5. The fourth-order valence-electron chi connectivity index (χ4n) is 1.90. The number of nitrogens with zero attached hydrogens (tertiary/aromatic N) is 2. The molecular weight excluding hydrogens is 236 g/mol. The Labute approximate surface area is 102 Å². The number of hydrogen-bond acceptors (Lipinski definition) is 4. The van der Waals surface area contributed by atoms with E-state index in [9.17, 15) is 0 Å². The van der Waals surface area contributed by atoms with Crippen LogP contribution in [0.5, 0.6) is 0 Å². The second-order valence-electron chi connectivity index (χ2n) is 3.80. The highest BCUT2D eigenvalue weighted by molar-refractivity contribution is 6.30. The van der Waals surface area contributed by atoms with Crippen LogP contribution in [0.4, 0.5) is 11.5 Å². The molecule has 0 spiro atoms. The minimum atomic E-state index is 0.362. The lowest BCUT2D eigenvalue weighted by molar-refractivity contribution is 1.36. The van der Waals surface area contributed by atoms with Crippen molar-refractivity contribution in [3.05, 3.63) is 35.5 Å². The number of rotatable bonds is 0. The molecular formula is C12H9ClN4. The van der Waals surface area contributed by atoms with E-state index in [2.05, 4.69) is 9.97 Å². The van der Waals surface area contributed by atoms with E-state index in [1.165, 1.54) is 0 Å². The number of hydrogen-bond donors (Lipinski definition) is 2. The number of nitrogens with two attached hydrogens (primary N) is 2. The fraction of sp³-hybridized carbons (Fsp3) is 0. The summed E-state index contributed by atoms with van der Waals surface area (Å²) in [6.07, 6.45) is 0. The summed E-state index contributed by atoms with van der Waals surface area (Å²) in [5, 5.41) is 2.30. The highest BCUT2D eigenvalue weighted by Crippen LogP contribution is 2.28. The Morgan fingerprint density at radius 2 is 1.71 bits per heavy atom. The van der Waals surface area contributed by atoms with Crippen molar-refractivity contribution >= 4 is 44.9 Å². The molecule has 0 aliphatic carbocycles. The Morgan fingerprint density at radius 3 is 2.53 bits per heavy atom. The fourth-order valence-corrected chi connectivity index (χ4v) is 2.05. The number of anilines is 2. The molecule has 0 fully saturated rings. The molecule has 0 atom stereocenters. The number of pyridine rings is 2. The minimum Gasteiger partial charge on any atom is -0.399 e. The number of aromatic nitrogens is 2. The SMILES string of the molecule is Nc1ccc2c(c1)nc(N)c1nc(Cl)ccc12. The maximum atomic E-state index is 5.87. The van der Waals surface area contributed by atoms with E-state index in [0.717, 1.165) is 16.3 Å². The Hall–Kier alpha value is -2.07. The molecule has 0 bridgehead atoms. The first kappa shape index (κ1) is 10.1. The number of fused-ring (bicyclic) bond motifs is 3. The molecule has 2 aromatic heterocycles. The average Bonchev–Trinajstić information content (AvgIpc) is 2.29. The molecule has 2 heterocycles. The standard InChI is InChI=1S/C12H9ClN4/c13-10-4-3-8-7-2-1-6(14)5-9(7)16-12(15)11(8)17-10/h1-5H,14H2,(H2,15,16). The van der Waals surface area contributed by atoms with Gasteiger partial charge in [0.1, 0.15) is 10.7 Å². The van der Waals surface area contributed by atoms with Crippen LogP contribution in [-0.2, 0) is 0 Å². The maximum Gasteiger partial charge on any atom is 0.150 e. The van der Waals surface area contributed by atoms with Gasteiger partial charge in [-0.3, -0.25) is 0 Å². The summed E-state index contributed by atoms with van der Waals surface area (Å²) >= 11 is 5.85. The van der Waals surface area contributed by atoms with E-state index in [-0.39, 0.29) is 0 Å². The van der Waals surface area contributed by atoms with Gasteiger partial charge in [0.15, 0.2) is 5.82 Å². The van der Waals surface area contributed by atoms with E-state index in [1.54, 1.807) is 12.1 Å². The van der Waals surface area contributed by atoms with Crippen LogP contribution in [0.3, 0.4) is 0 Å². The number of nitrogen functional groups attached to an aromatic ring is 2. The van der Waals surface area contributed by atoms with Crippen LogP contribution in [0, 0.1) is 0 Å². The molecule has 0 saturated heterocycles. The Kier molecular flexibility index (Phi) is 2.06. The minimum absolute atomic E-state index is 0.362. The van der Waals surface area contributed by atoms with Gasteiger partial charge in [0.05, 0.1) is 5.52 Å². The third-order valence-electron chi connectivity index (χ3n) is 2.66. The summed E-state index contributed by atoms with van der Waals surface area (Å²) in [5.74, 6) is 0.362. The van der Waals surface area contributed by atoms with Crippen LogP contribution in [0.2, 0.25) is 5.15 Å². The summed E-state index contributed by atoms with van der Waals surface area (Å²) in [7, 11) is 0. The molecule has 0 amide bonds. The van der Waals surface area contributed by atoms with Gasteiger partial charge in [-0.2, -0.15) is 0 Å². The van der Waals surface area contributed by atoms with E-state index in [1.807, 2.05) is 18.2 Å². The predicted molar refractivity (Wildman–Crippen MR) is 70.9 cm³/mol. The first-order valence-electron chi connectivity index (χ1n) is 5.06. The molecule has 5 heteroatoms. The third kappa shape index (κ3) is 1.54. The largest absolute Gasteiger partial charge is 0.399 e. The van der Waals surface area contributed by atoms with Crippen molar-refractivity contribution < 1.29 is 0 Å². The second-order valence-corrected chi connectivity index (χ2v) is 4.19. The third-order valence-corrected chi connectivity index (χ3v) is 2.87. The molecule has 1 aromatic carbocycles. The number of benzene rings is 1. The molecule has 4 N–H and O–H groups in total. The summed E-state index contributed by atoms with van der Waals surface area (Å²) in [5.41, 5.74) is 13.6. The Morgan fingerprint density at radius 1 is 0.941 bits per heavy atom. The lowest BCUT2D eigenvalue weighted by Crippen LogP contribution is -1.96. The van der Waals surface area contributed by atoms with Gasteiger partial charge in [-0.15, -0.1) is 0 Å². The van der Waals surface area contributed by atoms with Gasteiger partial charge in [0.25, 0.3) is 0 Å². The Balaban J connectivity index is 2.55. The van der Waals surface area contributed by atoms with Gasteiger partial charge in [0, 0.05) is 16.5 Å². The van der Waals surface area contributed by atoms with Crippen molar-refractivity contribution in [1.29, 1.82) is 0 Å². The molecule has 3 aromatic rings. The Bertz CT molecular complexity index is 739. The van der Waals surface area contributed by atoms with E-state index in [4.69, 9.17) is 23.1 Å². The van der Waals surface area contributed by atoms with Gasteiger partial charge in [-0.25, -0.2) is 9.97 Å². The zero-order chi connectivity index (χ0) is 12.0. The topological polar surface area (TPSA) is 77.8 Å². The zero-order valence-corrected chi connectivity index (χ0v) is 9.57. The molecule has 0 aliphatic rings. The first-order valence-corrected chi connectivity index (χ1v) is 5.44. The molecule has 4 nitrogen and oxygen atoms in total. The van der Waals surface area contributed by atoms with Crippen LogP contribution >= 0.6 is 11.6 Å². The van der Waals surface area contributed by atoms with Crippen molar-refractivity contribution in [2.45, 2.75) is 0 Å². The van der Waals surface area contributed by atoms with E-state index < -0.39 is 0 Å². The van der Waals surface area contributed by atoms with Crippen LogP contribution in [0.1, 0.15) is 0 Å². The second kappa shape index (κ2) is 3.46. The van der Waals surface area contributed by atoms with Crippen molar-refractivity contribution in [1.82, 2.24) is 9.97 Å². The van der Waals surface area contributed by atoms with Crippen LogP contribution in [0.25, 0.3) is 21.8 Å². The zero-order valence-electron chi connectivity index (χ0n) is 8.81. The molecule has 17 heavy (non-hydrogen) atoms. The molecule has 0 radical (unpaired) electrons. The lowest BCUT2D eigenvalue weighted by Gasteiger charge is -2.06.